The van der Waals surface area contributed by atoms with Crippen LogP contribution in [-0.2, 0) is 22.6 Å². The largest absolute Gasteiger partial charge is 0.382 e. The Morgan fingerprint density at radius 1 is 1.11 bits per heavy atom. The minimum Gasteiger partial charge on any atom is -0.382 e. The van der Waals surface area contributed by atoms with Gasteiger partial charge in [-0.1, -0.05) is 30.3 Å². The predicted molar refractivity (Wildman–Crippen MR) is 123 cm³/mol. The number of hydrogen-bond acceptors (Lipinski definition) is 4. The fourth-order valence-electron chi connectivity index (χ4n) is 2.48. The van der Waals surface area contributed by atoms with Gasteiger partial charge >= 0.3 is 0 Å². The third-order valence-electron chi connectivity index (χ3n) is 3.83. The monoisotopic (exact) mass is 501 g/mol. The van der Waals surface area contributed by atoms with E-state index in [4.69, 9.17) is 9.47 Å². The summed E-state index contributed by atoms with van der Waals surface area (Å²) in [6.07, 6.45) is 4.84. The highest BCUT2D eigenvalue weighted by molar-refractivity contribution is 14.0. The van der Waals surface area contributed by atoms with Crippen molar-refractivity contribution in [1.29, 1.82) is 0 Å². The van der Waals surface area contributed by atoms with Gasteiger partial charge in [0.25, 0.3) is 0 Å². The summed E-state index contributed by atoms with van der Waals surface area (Å²) in [6, 6.07) is 10.3. The highest BCUT2D eigenvalue weighted by atomic mass is 127. The molecule has 0 saturated heterocycles. The maximum absolute atomic E-state index is 5.46. The fraction of sp³-hybridized carbons (Fsp3) is 0.500. The molecule has 7 nitrogen and oxygen atoms in total. The van der Waals surface area contributed by atoms with Crippen molar-refractivity contribution < 1.29 is 9.47 Å². The molecule has 0 aliphatic rings. The van der Waals surface area contributed by atoms with Crippen molar-refractivity contribution in [2.75, 3.05) is 40.0 Å². The molecule has 2 rings (SSSR count). The predicted octanol–water partition coefficient (Wildman–Crippen LogP) is 2.66. The molecular formula is C20H32IN5O2. The summed E-state index contributed by atoms with van der Waals surface area (Å²) in [5.74, 6) is 0.810. The Morgan fingerprint density at radius 3 is 2.68 bits per heavy atom. The first-order valence-electron chi connectivity index (χ1n) is 9.46. The molecule has 0 saturated carbocycles. The van der Waals surface area contributed by atoms with Crippen LogP contribution in [0.1, 0.15) is 24.5 Å². The average Bonchev–Trinajstić information content (AvgIpc) is 3.13. The molecule has 1 aromatic heterocycles. The number of benzene rings is 1. The van der Waals surface area contributed by atoms with E-state index in [-0.39, 0.29) is 24.0 Å². The summed E-state index contributed by atoms with van der Waals surface area (Å²) < 4.78 is 12.4. The van der Waals surface area contributed by atoms with Gasteiger partial charge in [-0.05, 0) is 18.9 Å². The van der Waals surface area contributed by atoms with E-state index >= 15 is 0 Å². The number of halogens is 1. The highest BCUT2D eigenvalue weighted by Crippen LogP contribution is 2.05. The van der Waals surface area contributed by atoms with Gasteiger partial charge in [-0.3, -0.25) is 4.68 Å². The van der Waals surface area contributed by atoms with Gasteiger partial charge in [-0.25, -0.2) is 4.99 Å². The van der Waals surface area contributed by atoms with E-state index in [0.717, 1.165) is 37.6 Å². The van der Waals surface area contributed by atoms with E-state index in [1.807, 2.05) is 35.3 Å². The van der Waals surface area contributed by atoms with Gasteiger partial charge in [0.1, 0.15) is 0 Å². The molecule has 2 N–H and O–H groups in total. The van der Waals surface area contributed by atoms with Gasteiger partial charge in [0.15, 0.2) is 5.96 Å². The summed E-state index contributed by atoms with van der Waals surface area (Å²) in [6.45, 7) is 7.04. The van der Waals surface area contributed by atoms with Gasteiger partial charge in [0, 0.05) is 38.6 Å². The van der Waals surface area contributed by atoms with Crippen molar-refractivity contribution in [1.82, 2.24) is 20.4 Å². The molecule has 0 aliphatic carbocycles. The third-order valence-corrected chi connectivity index (χ3v) is 3.83. The Bertz CT molecular complexity index is 664. The van der Waals surface area contributed by atoms with Gasteiger partial charge in [-0.15, -0.1) is 24.0 Å². The molecule has 8 heteroatoms. The Balaban J connectivity index is 0.00000392. The Kier molecular flexibility index (Phi) is 13.3. The summed E-state index contributed by atoms with van der Waals surface area (Å²) in [7, 11) is 1.68. The molecule has 0 bridgehead atoms. The van der Waals surface area contributed by atoms with Crippen LogP contribution in [0, 0.1) is 0 Å². The van der Waals surface area contributed by atoms with Crippen molar-refractivity contribution in [3.8, 4) is 0 Å². The van der Waals surface area contributed by atoms with Gasteiger partial charge < -0.3 is 20.1 Å². The number of ether oxygens (including phenoxy) is 2. The van der Waals surface area contributed by atoms with Crippen molar-refractivity contribution in [2.24, 2.45) is 4.99 Å². The first kappa shape index (κ1) is 24.4. The lowest BCUT2D eigenvalue weighted by Gasteiger charge is -2.11. The molecule has 0 amide bonds. The lowest BCUT2D eigenvalue weighted by molar-refractivity contribution is 0.0698. The molecule has 1 aromatic carbocycles. The maximum atomic E-state index is 5.46. The second-order valence-corrected chi connectivity index (χ2v) is 6.11. The number of nitrogens with zero attached hydrogens (tertiary/aromatic N) is 3. The standard InChI is InChI=1S/C20H31N5O2.HI/c1-3-21-20(22-10-7-11-27-13-12-26-2)23-14-19-15-24-25(17-19)16-18-8-5-4-6-9-18;/h4-6,8-9,15,17H,3,7,10-14,16H2,1-2H3,(H2,21,22,23);1H. The molecule has 0 radical (unpaired) electrons. The molecule has 0 atom stereocenters. The quantitative estimate of drug-likeness (QED) is 0.203. The van der Waals surface area contributed by atoms with Crippen LogP contribution >= 0.6 is 24.0 Å². The smallest absolute Gasteiger partial charge is 0.191 e. The van der Waals surface area contributed by atoms with Crippen LogP contribution in [0.15, 0.2) is 47.7 Å². The molecular weight excluding hydrogens is 469 g/mol. The molecule has 1 heterocycles. The molecule has 156 valence electrons. The van der Waals surface area contributed by atoms with Crippen LogP contribution in [0.2, 0.25) is 0 Å². The van der Waals surface area contributed by atoms with Crippen LogP contribution in [-0.4, -0.2) is 55.8 Å². The first-order valence-corrected chi connectivity index (χ1v) is 9.46. The number of nitrogens with one attached hydrogen (secondary N) is 2. The zero-order chi connectivity index (χ0) is 19.2. The molecule has 0 fully saturated rings. The van der Waals surface area contributed by atoms with Crippen LogP contribution in [0.3, 0.4) is 0 Å². The number of aliphatic imine (C=N–C) groups is 1. The van der Waals surface area contributed by atoms with E-state index in [1.165, 1.54) is 5.56 Å². The van der Waals surface area contributed by atoms with Crippen LogP contribution < -0.4 is 10.6 Å². The second kappa shape index (κ2) is 15.3. The minimum atomic E-state index is 0. The van der Waals surface area contributed by atoms with E-state index in [1.54, 1.807) is 7.11 Å². The number of aromatic nitrogens is 2. The summed E-state index contributed by atoms with van der Waals surface area (Å²) in [5, 5.41) is 11.0. The van der Waals surface area contributed by atoms with Crippen molar-refractivity contribution in [3.05, 3.63) is 53.9 Å². The SMILES string of the molecule is CCNC(=NCc1cnn(Cc2ccccc2)c1)NCCCOCCOC.I. The number of guanidine groups is 1. The summed E-state index contributed by atoms with van der Waals surface area (Å²) in [5.41, 5.74) is 2.32. The molecule has 2 aromatic rings. The fourth-order valence-corrected chi connectivity index (χ4v) is 2.48. The van der Waals surface area contributed by atoms with Crippen molar-refractivity contribution in [3.63, 3.8) is 0 Å². The van der Waals surface area contributed by atoms with Crippen LogP contribution in [0.25, 0.3) is 0 Å². The zero-order valence-electron chi connectivity index (χ0n) is 16.8. The topological polar surface area (TPSA) is 72.7 Å². The third kappa shape index (κ3) is 10.0. The zero-order valence-corrected chi connectivity index (χ0v) is 19.1. The number of rotatable bonds is 12. The number of hydrogen-bond donors (Lipinski definition) is 2. The second-order valence-electron chi connectivity index (χ2n) is 6.11. The van der Waals surface area contributed by atoms with E-state index in [9.17, 15) is 0 Å². The lowest BCUT2D eigenvalue weighted by Crippen LogP contribution is -2.38. The van der Waals surface area contributed by atoms with E-state index < -0.39 is 0 Å². The molecule has 28 heavy (non-hydrogen) atoms. The van der Waals surface area contributed by atoms with Crippen LogP contribution in [0.5, 0.6) is 0 Å². The first-order chi connectivity index (χ1) is 13.3. The van der Waals surface area contributed by atoms with Crippen molar-refractivity contribution >= 4 is 29.9 Å². The summed E-state index contributed by atoms with van der Waals surface area (Å²) >= 11 is 0. The molecule has 0 spiro atoms. The summed E-state index contributed by atoms with van der Waals surface area (Å²) in [4.78, 5) is 4.63. The van der Waals surface area contributed by atoms with Crippen molar-refractivity contribution in [2.45, 2.75) is 26.4 Å². The minimum absolute atomic E-state index is 0. The Hall–Kier alpha value is -1.65. The van der Waals surface area contributed by atoms with E-state index in [0.29, 0.717) is 26.4 Å². The van der Waals surface area contributed by atoms with E-state index in [2.05, 4.69) is 39.8 Å². The Morgan fingerprint density at radius 2 is 1.93 bits per heavy atom. The highest BCUT2D eigenvalue weighted by Gasteiger charge is 2.01. The normalized spacial score (nSPS) is 11.1. The van der Waals surface area contributed by atoms with Gasteiger partial charge in [0.2, 0.25) is 0 Å². The number of methoxy groups -OCH3 is 1. The van der Waals surface area contributed by atoms with Gasteiger partial charge in [0.05, 0.1) is 32.5 Å². The lowest BCUT2D eigenvalue weighted by atomic mass is 10.2. The molecule has 0 unspecified atom stereocenters. The average molecular weight is 501 g/mol. The van der Waals surface area contributed by atoms with Gasteiger partial charge in [-0.2, -0.15) is 5.10 Å². The Labute approximate surface area is 184 Å². The van der Waals surface area contributed by atoms with Crippen LogP contribution in [0.4, 0.5) is 0 Å². The molecule has 0 aliphatic heterocycles. The maximum Gasteiger partial charge on any atom is 0.191 e.